The number of carbonyl (C=O) groups is 1. The summed E-state index contributed by atoms with van der Waals surface area (Å²) in [5.74, 6) is -0.155. The van der Waals surface area contributed by atoms with E-state index in [0.29, 0.717) is 17.8 Å². The number of para-hydroxylation sites is 1. The summed E-state index contributed by atoms with van der Waals surface area (Å²) in [6, 6.07) is 15.4. The number of aromatic nitrogens is 1. The number of amides is 1. The number of hydrogen-bond donors (Lipinski definition) is 3. The number of nitrogens with zero attached hydrogens (tertiary/aromatic N) is 1. The molecule has 25 heavy (non-hydrogen) atoms. The predicted octanol–water partition coefficient (Wildman–Crippen LogP) is 3.12. The van der Waals surface area contributed by atoms with Crippen molar-refractivity contribution in [2.75, 3.05) is 18.4 Å². The molecule has 0 fully saturated rings. The van der Waals surface area contributed by atoms with Crippen LogP contribution in [0.3, 0.4) is 0 Å². The number of aryl methyl sites for hydroxylation is 1. The highest BCUT2D eigenvalue weighted by Gasteiger charge is 2.07. The Morgan fingerprint density at radius 2 is 2.08 bits per heavy atom. The molecule has 1 aromatic heterocycles. The zero-order valence-electron chi connectivity index (χ0n) is 14.1. The van der Waals surface area contributed by atoms with Crippen LogP contribution in [-0.2, 0) is 11.2 Å². The van der Waals surface area contributed by atoms with Gasteiger partial charge in [-0.3, -0.25) is 4.79 Å². The summed E-state index contributed by atoms with van der Waals surface area (Å²) in [7, 11) is 0. The summed E-state index contributed by atoms with van der Waals surface area (Å²) in [5, 5.41) is 16.2. The summed E-state index contributed by atoms with van der Waals surface area (Å²) in [6.45, 7) is 2.99. The molecule has 2 aromatic carbocycles. The van der Waals surface area contributed by atoms with E-state index in [4.69, 9.17) is 5.26 Å². The van der Waals surface area contributed by atoms with Crippen molar-refractivity contribution in [3.05, 3.63) is 65.4 Å². The fourth-order valence-corrected chi connectivity index (χ4v) is 2.81. The second-order valence-corrected chi connectivity index (χ2v) is 6.00. The molecule has 0 aliphatic heterocycles. The Labute approximate surface area is 146 Å². The highest BCUT2D eigenvalue weighted by atomic mass is 16.1. The second kappa shape index (κ2) is 7.65. The van der Waals surface area contributed by atoms with Crippen LogP contribution in [0.2, 0.25) is 0 Å². The second-order valence-electron chi connectivity index (χ2n) is 6.00. The highest BCUT2D eigenvalue weighted by Crippen LogP contribution is 2.19. The quantitative estimate of drug-likeness (QED) is 0.607. The third kappa shape index (κ3) is 4.06. The van der Waals surface area contributed by atoms with E-state index >= 15 is 0 Å². The van der Waals surface area contributed by atoms with Gasteiger partial charge in [-0.15, -0.1) is 0 Å². The van der Waals surface area contributed by atoms with Crippen LogP contribution < -0.4 is 10.6 Å². The standard InChI is InChI=1S/C20H20N4O/c1-14-6-7-19-17(10-14)16(12-23-19)8-9-22-13-20(25)24-18-5-3-2-4-15(18)11-21/h2-7,10,12,22-23H,8-9,13H2,1H3,(H,24,25). The first-order valence-corrected chi connectivity index (χ1v) is 8.23. The SMILES string of the molecule is Cc1ccc2[nH]cc(CCNCC(=O)Nc3ccccc3C#N)c2c1. The monoisotopic (exact) mass is 332 g/mol. The van der Waals surface area contributed by atoms with Crippen LogP contribution in [0.5, 0.6) is 0 Å². The number of fused-ring (bicyclic) bond motifs is 1. The van der Waals surface area contributed by atoms with Crippen molar-refractivity contribution < 1.29 is 4.79 Å². The molecule has 0 saturated heterocycles. The van der Waals surface area contributed by atoms with E-state index in [1.54, 1.807) is 24.3 Å². The maximum Gasteiger partial charge on any atom is 0.238 e. The lowest BCUT2D eigenvalue weighted by molar-refractivity contribution is -0.115. The minimum atomic E-state index is -0.155. The van der Waals surface area contributed by atoms with Crippen molar-refractivity contribution in [3.8, 4) is 6.07 Å². The number of benzene rings is 2. The molecule has 5 heteroatoms. The topological polar surface area (TPSA) is 80.7 Å². The Bertz CT molecular complexity index is 936. The largest absolute Gasteiger partial charge is 0.361 e. The number of rotatable bonds is 6. The molecule has 0 atom stereocenters. The lowest BCUT2D eigenvalue weighted by Gasteiger charge is -2.08. The number of nitriles is 1. The van der Waals surface area contributed by atoms with Crippen molar-refractivity contribution in [2.24, 2.45) is 0 Å². The van der Waals surface area contributed by atoms with Crippen LogP contribution in [0, 0.1) is 18.3 Å². The lowest BCUT2D eigenvalue weighted by Crippen LogP contribution is -2.29. The van der Waals surface area contributed by atoms with Crippen LogP contribution in [-0.4, -0.2) is 24.0 Å². The van der Waals surface area contributed by atoms with Crippen molar-refractivity contribution >= 4 is 22.5 Å². The number of nitrogens with one attached hydrogen (secondary N) is 3. The van der Waals surface area contributed by atoms with Crippen LogP contribution in [0.1, 0.15) is 16.7 Å². The van der Waals surface area contributed by atoms with Gasteiger partial charge in [0.2, 0.25) is 5.91 Å². The maximum absolute atomic E-state index is 12.0. The fraction of sp³-hybridized carbons (Fsp3) is 0.200. The molecule has 3 N–H and O–H groups in total. The van der Waals surface area contributed by atoms with Crippen molar-refractivity contribution in [1.82, 2.24) is 10.3 Å². The first-order valence-electron chi connectivity index (χ1n) is 8.23. The molecule has 3 aromatic rings. The van der Waals surface area contributed by atoms with Crippen molar-refractivity contribution in [2.45, 2.75) is 13.3 Å². The van der Waals surface area contributed by atoms with Gasteiger partial charge in [0.15, 0.2) is 0 Å². The van der Waals surface area contributed by atoms with Crippen molar-refractivity contribution in [1.29, 1.82) is 5.26 Å². The normalized spacial score (nSPS) is 10.6. The van der Waals surface area contributed by atoms with Gasteiger partial charge in [-0.05, 0) is 49.7 Å². The Morgan fingerprint density at radius 3 is 2.92 bits per heavy atom. The molecule has 5 nitrogen and oxygen atoms in total. The average Bonchev–Trinajstić information content (AvgIpc) is 3.01. The maximum atomic E-state index is 12.0. The fourth-order valence-electron chi connectivity index (χ4n) is 2.81. The average molecular weight is 332 g/mol. The summed E-state index contributed by atoms with van der Waals surface area (Å²) in [4.78, 5) is 15.3. The predicted molar refractivity (Wildman–Crippen MR) is 99.4 cm³/mol. The molecule has 0 bridgehead atoms. The molecule has 0 saturated carbocycles. The first-order chi connectivity index (χ1) is 12.2. The van der Waals surface area contributed by atoms with Gasteiger partial charge in [0, 0.05) is 17.1 Å². The van der Waals surface area contributed by atoms with E-state index in [2.05, 4.69) is 46.8 Å². The zero-order chi connectivity index (χ0) is 17.6. The molecule has 3 rings (SSSR count). The Morgan fingerprint density at radius 1 is 1.24 bits per heavy atom. The first kappa shape index (κ1) is 16.7. The van der Waals surface area contributed by atoms with Gasteiger partial charge in [-0.2, -0.15) is 5.26 Å². The van der Waals surface area contributed by atoms with E-state index in [0.717, 1.165) is 11.9 Å². The van der Waals surface area contributed by atoms with Gasteiger partial charge in [-0.25, -0.2) is 0 Å². The van der Waals surface area contributed by atoms with Crippen LogP contribution >= 0.6 is 0 Å². The molecule has 126 valence electrons. The van der Waals surface area contributed by atoms with E-state index in [1.807, 2.05) is 6.20 Å². The molecular weight excluding hydrogens is 312 g/mol. The molecule has 0 unspecified atom stereocenters. The van der Waals surface area contributed by atoms with Crippen molar-refractivity contribution in [3.63, 3.8) is 0 Å². The molecule has 0 aliphatic rings. The van der Waals surface area contributed by atoms with E-state index in [1.165, 1.54) is 16.5 Å². The molecule has 0 aliphatic carbocycles. The minimum Gasteiger partial charge on any atom is -0.361 e. The van der Waals surface area contributed by atoms with E-state index < -0.39 is 0 Å². The van der Waals surface area contributed by atoms with E-state index in [9.17, 15) is 4.79 Å². The third-order valence-electron chi connectivity index (χ3n) is 4.10. The number of H-pyrrole nitrogens is 1. The Hall–Kier alpha value is -3.10. The van der Waals surface area contributed by atoms with Gasteiger partial charge in [0.05, 0.1) is 17.8 Å². The number of aromatic amines is 1. The molecular formula is C20H20N4O. The number of hydrogen-bond acceptors (Lipinski definition) is 3. The van der Waals surface area contributed by atoms with E-state index in [-0.39, 0.29) is 12.5 Å². The van der Waals surface area contributed by atoms with Crippen LogP contribution in [0.4, 0.5) is 5.69 Å². The summed E-state index contributed by atoms with van der Waals surface area (Å²) >= 11 is 0. The van der Waals surface area contributed by atoms with Gasteiger partial charge < -0.3 is 15.6 Å². The minimum absolute atomic E-state index is 0.155. The van der Waals surface area contributed by atoms with Crippen LogP contribution in [0.25, 0.3) is 10.9 Å². The smallest absolute Gasteiger partial charge is 0.238 e. The Balaban J connectivity index is 1.50. The molecule has 0 radical (unpaired) electrons. The van der Waals surface area contributed by atoms with Crippen LogP contribution in [0.15, 0.2) is 48.7 Å². The van der Waals surface area contributed by atoms with Gasteiger partial charge in [0.25, 0.3) is 0 Å². The highest BCUT2D eigenvalue weighted by molar-refractivity contribution is 5.93. The van der Waals surface area contributed by atoms with Gasteiger partial charge >= 0.3 is 0 Å². The summed E-state index contributed by atoms with van der Waals surface area (Å²) in [5.41, 5.74) is 4.61. The van der Waals surface area contributed by atoms with Gasteiger partial charge in [0.1, 0.15) is 6.07 Å². The summed E-state index contributed by atoms with van der Waals surface area (Å²) in [6.07, 6.45) is 2.86. The number of carbonyl (C=O) groups excluding carboxylic acids is 1. The molecule has 0 spiro atoms. The zero-order valence-corrected chi connectivity index (χ0v) is 14.1. The Kier molecular flexibility index (Phi) is 5.12. The lowest BCUT2D eigenvalue weighted by atomic mass is 10.1. The third-order valence-corrected chi connectivity index (χ3v) is 4.10. The van der Waals surface area contributed by atoms with Gasteiger partial charge in [-0.1, -0.05) is 23.8 Å². The summed E-state index contributed by atoms with van der Waals surface area (Å²) < 4.78 is 0. The molecule has 1 heterocycles. The molecule has 1 amide bonds. The number of anilines is 1.